The number of nitrogens with one attached hydrogen (secondary N) is 2. The van der Waals surface area contributed by atoms with Gasteiger partial charge in [-0.15, -0.1) is 0 Å². The molecule has 0 aliphatic heterocycles. The highest BCUT2D eigenvalue weighted by Crippen LogP contribution is 2.30. The third-order valence-electron chi connectivity index (χ3n) is 6.10. The highest BCUT2D eigenvalue weighted by Gasteiger charge is 2.23. The van der Waals surface area contributed by atoms with Crippen molar-refractivity contribution >= 4 is 43.5 Å². The SMILES string of the molecule is OC1CCCCC1Nc1nc2ccc(Cc3cnc4[nH]c5ccccc5n34)cc2s1. The molecule has 7 heteroatoms. The third-order valence-corrected chi connectivity index (χ3v) is 7.05. The van der Waals surface area contributed by atoms with Crippen LogP contribution in [0.3, 0.4) is 0 Å². The lowest BCUT2D eigenvalue weighted by Gasteiger charge is -2.27. The molecule has 1 fully saturated rings. The maximum Gasteiger partial charge on any atom is 0.212 e. The van der Waals surface area contributed by atoms with Gasteiger partial charge >= 0.3 is 0 Å². The van der Waals surface area contributed by atoms with E-state index in [1.54, 1.807) is 11.3 Å². The minimum atomic E-state index is -0.276. The van der Waals surface area contributed by atoms with Crippen LogP contribution in [0.15, 0.2) is 48.7 Å². The van der Waals surface area contributed by atoms with Crippen molar-refractivity contribution < 1.29 is 5.11 Å². The van der Waals surface area contributed by atoms with Gasteiger partial charge in [-0.1, -0.05) is 42.4 Å². The van der Waals surface area contributed by atoms with Crippen LogP contribution in [-0.4, -0.2) is 36.6 Å². The predicted octanol–water partition coefficient (Wildman–Crippen LogP) is 4.73. The molecule has 3 heterocycles. The van der Waals surface area contributed by atoms with E-state index in [1.807, 2.05) is 12.3 Å². The third kappa shape index (κ3) is 3.05. The smallest absolute Gasteiger partial charge is 0.212 e. The van der Waals surface area contributed by atoms with E-state index >= 15 is 0 Å². The van der Waals surface area contributed by atoms with Gasteiger partial charge in [-0.25, -0.2) is 9.97 Å². The molecule has 1 aliphatic carbocycles. The fraction of sp³-hybridized carbons (Fsp3) is 0.304. The molecule has 30 heavy (non-hydrogen) atoms. The second kappa shape index (κ2) is 7.11. The lowest BCUT2D eigenvalue weighted by molar-refractivity contribution is 0.116. The summed E-state index contributed by atoms with van der Waals surface area (Å²) in [7, 11) is 0. The molecule has 6 rings (SSSR count). The number of benzene rings is 2. The van der Waals surface area contributed by atoms with Gasteiger partial charge in [0.15, 0.2) is 5.13 Å². The van der Waals surface area contributed by atoms with Crippen molar-refractivity contribution in [3.8, 4) is 0 Å². The summed E-state index contributed by atoms with van der Waals surface area (Å²) in [5.74, 6) is 0.877. The maximum absolute atomic E-state index is 10.2. The molecule has 2 unspecified atom stereocenters. The molecule has 0 radical (unpaired) electrons. The van der Waals surface area contributed by atoms with Crippen molar-refractivity contribution in [3.63, 3.8) is 0 Å². The Labute approximate surface area is 177 Å². The Morgan fingerprint density at radius 1 is 1.17 bits per heavy atom. The van der Waals surface area contributed by atoms with Crippen LogP contribution in [0.4, 0.5) is 5.13 Å². The van der Waals surface area contributed by atoms with E-state index in [0.717, 1.165) is 65.3 Å². The maximum atomic E-state index is 10.2. The molecule has 1 saturated carbocycles. The normalized spacial score (nSPS) is 19.8. The van der Waals surface area contributed by atoms with Crippen LogP contribution in [0.1, 0.15) is 36.9 Å². The first-order valence-corrected chi connectivity index (χ1v) is 11.3. The molecule has 3 aromatic heterocycles. The number of imidazole rings is 2. The summed E-state index contributed by atoms with van der Waals surface area (Å²) in [6.07, 6.45) is 6.64. The number of H-pyrrole nitrogens is 1. The Morgan fingerprint density at radius 2 is 2.07 bits per heavy atom. The van der Waals surface area contributed by atoms with Crippen molar-refractivity contribution in [2.75, 3.05) is 5.32 Å². The molecule has 5 aromatic rings. The van der Waals surface area contributed by atoms with Gasteiger partial charge in [0.25, 0.3) is 0 Å². The molecule has 0 saturated heterocycles. The van der Waals surface area contributed by atoms with Crippen LogP contribution < -0.4 is 5.32 Å². The number of aromatic nitrogens is 4. The quantitative estimate of drug-likeness (QED) is 0.395. The van der Waals surface area contributed by atoms with Crippen LogP contribution >= 0.6 is 11.3 Å². The van der Waals surface area contributed by atoms with Crippen LogP contribution in [0, 0.1) is 0 Å². The van der Waals surface area contributed by atoms with Gasteiger partial charge in [0.1, 0.15) is 0 Å². The second-order valence-corrected chi connectivity index (χ2v) is 9.18. The first kappa shape index (κ1) is 17.9. The van der Waals surface area contributed by atoms with Crippen molar-refractivity contribution in [2.45, 2.75) is 44.2 Å². The first-order chi connectivity index (χ1) is 14.7. The summed E-state index contributed by atoms with van der Waals surface area (Å²) in [4.78, 5) is 12.7. The number of aliphatic hydroxyl groups excluding tert-OH is 1. The minimum Gasteiger partial charge on any atom is -0.391 e. The second-order valence-electron chi connectivity index (χ2n) is 8.15. The predicted molar refractivity (Wildman–Crippen MR) is 121 cm³/mol. The Hall–Kier alpha value is -2.90. The van der Waals surface area contributed by atoms with Gasteiger partial charge < -0.3 is 15.4 Å². The van der Waals surface area contributed by atoms with Crippen molar-refractivity contribution in [3.05, 3.63) is 59.9 Å². The molecule has 3 N–H and O–H groups in total. The Kier molecular flexibility index (Phi) is 4.24. The summed E-state index contributed by atoms with van der Waals surface area (Å²) in [5.41, 5.74) is 5.65. The number of hydrogen-bond donors (Lipinski definition) is 3. The molecule has 2 aromatic carbocycles. The molecule has 6 nitrogen and oxygen atoms in total. The van der Waals surface area contributed by atoms with Gasteiger partial charge in [-0.05, 0) is 42.7 Å². The lowest BCUT2D eigenvalue weighted by Crippen LogP contribution is -2.36. The van der Waals surface area contributed by atoms with Crippen LogP contribution in [-0.2, 0) is 6.42 Å². The molecule has 1 aliphatic rings. The Balaban J connectivity index is 1.29. The van der Waals surface area contributed by atoms with E-state index in [0.29, 0.717) is 0 Å². The average Bonchev–Trinajstić information content (AvgIpc) is 3.43. The monoisotopic (exact) mass is 417 g/mol. The number of aliphatic hydroxyl groups is 1. The van der Waals surface area contributed by atoms with Crippen molar-refractivity contribution in [2.24, 2.45) is 0 Å². The van der Waals surface area contributed by atoms with E-state index in [4.69, 9.17) is 4.98 Å². The average molecular weight is 418 g/mol. The molecule has 2 atom stereocenters. The largest absolute Gasteiger partial charge is 0.391 e. The van der Waals surface area contributed by atoms with E-state index in [2.05, 4.69) is 56.1 Å². The topological polar surface area (TPSA) is 78.2 Å². The highest BCUT2D eigenvalue weighted by atomic mass is 32.1. The van der Waals surface area contributed by atoms with Crippen LogP contribution in [0.5, 0.6) is 0 Å². The van der Waals surface area contributed by atoms with Crippen molar-refractivity contribution in [1.29, 1.82) is 0 Å². The van der Waals surface area contributed by atoms with Gasteiger partial charge in [0.2, 0.25) is 5.78 Å². The number of aromatic amines is 1. The van der Waals surface area contributed by atoms with E-state index in [9.17, 15) is 5.11 Å². The van der Waals surface area contributed by atoms with Gasteiger partial charge in [0.05, 0.1) is 39.6 Å². The summed E-state index contributed by atoms with van der Waals surface area (Å²) >= 11 is 1.67. The van der Waals surface area contributed by atoms with E-state index in [-0.39, 0.29) is 12.1 Å². The number of nitrogens with zero attached hydrogens (tertiary/aromatic N) is 3. The number of para-hydroxylation sites is 2. The zero-order chi connectivity index (χ0) is 20.1. The fourth-order valence-electron chi connectivity index (χ4n) is 4.55. The van der Waals surface area contributed by atoms with Crippen LogP contribution in [0.25, 0.3) is 27.0 Å². The van der Waals surface area contributed by atoms with E-state index in [1.165, 1.54) is 10.3 Å². The number of anilines is 1. The number of hydrogen-bond acceptors (Lipinski definition) is 5. The molecular weight excluding hydrogens is 394 g/mol. The molecule has 0 spiro atoms. The summed E-state index contributed by atoms with van der Waals surface area (Å²) in [6, 6.07) is 14.9. The Bertz CT molecular complexity index is 1350. The molecule has 152 valence electrons. The number of thiazole rings is 1. The number of rotatable bonds is 4. The summed E-state index contributed by atoms with van der Waals surface area (Å²) < 4.78 is 3.36. The van der Waals surface area contributed by atoms with Gasteiger partial charge in [-0.2, -0.15) is 0 Å². The lowest BCUT2D eigenvalue weighted by atomic mass is 9.93. The zero-order valence-electron chi connectivity index (χ0n) is 16.5. The minimum absolute atomic E-state index is 0.112. The molecule has 0 bridgehead atoms. The summed E-state index contributed by atoms with van der Waals surface area (Å²) in [5, 5.41) is 14.6. The first-order valence-electron chi connectivity index (χ1n) is 10.5. The Morgan fingerprint density at radius 3 is 3.00 bits per heavy atom. The number of fused-ring (bicyclic) bond motifs is 4. The van der Waals surface area contributed by atoms with Crippen molar-refractivity contribution in [1.82, 2.24) is 19.4 Å². The van der Waals surface area contributed by atoms with E-state index < -0.39 is 0 Å². The highest BCUT2D eigenvalue weighted by molar-refractivity contribution is 7.22. The fourth-order valence-corrected chi connectivity index (χ4v) is 5.54. The van der Waals surface area contributed by atoms with Gasteiger partial charge in [0, 0.05) is 12.1 Å². The zero-order valence-corrected chi connectivity index (χ0v) is 17.3. The summed E-state index contributed by atoms with van der Waals surface area (Å²) in [6.45, 7) is 0. The standard InChI is InChI=1S/C23H23N5OS/c29-20-8-4-2-6-17(20)26-23-27-18-10-9-14(12-21(18)30-23)11-15-13-24-22-25-16-5-1-3-7-19(16)28(15)22/h1,3,5,7,9-10,12-13,17,20,29H,2,4,6,8,11H2,(H,24,25)(H,26,27). The molecule has 0 amide bonds. The molecular formula is C23H23N5OS. The van der Waals surface area contributed by atoms with Gasteiger partial charge in [-0.3, -0.25) is 4.40 Å². The van der Waals surface area contributed by atoms with Crippen LogP contribution in [0.2, 0.25) is 0 Å².